The van der Waals surface area contributed by atoms with E-state index in [1.54, 1.807) is 6.92 Å². The van der Waals surface area contributed by atoms with Crippen LogP contribution in [-0.4, -0.2) is 49.7 Å². The van der Waals surface area contributed by atoms with E-state index < -0.39 is 5.97 Å². The van der Waals surface area contributed by atoms with Gasteiger partial charge in [0.25, 0.3) is 0 Å². The van der Waals surface area contributed by atoms with Gasteiger partial charge in [0.15, 0.2) is 11.5 Å². The van der Waals surface area contributed by atoms with E-state index in [0.717, 1.165) is 41.3 Å². The molecule has 0 aliphatic carbocycles. The first-order chi connectivity index (χ1) is 15.5. The number of benzene rings is 1. The Morgan fingerprint density at radius 3 is 2.75 bits per heavy atom. The number of carbonyl (C=O) groups is 2. The van der Waals surface area contributed by atoms with Crippen molar-refractivity contribution in [3.05, 3.63) is 40.3 Å². The van der Waals surface area contributed by atoms with Crippen molar-refractivity contribution in [2.45, 2.75) is 45.6 Å². The molecular weight excluding hydrogens is 428 g/mol. The summed E-state index contributed by atoms with van der Waals surface area (Å²) in [4.78, 5) is 28.6. The fourth-order valence-electron chi connectivity index (χ4n) is 4.16. The maximum Gasteiger partial charge on any atom is 0.341 e. The Kier molecular flexibility index (Phi) is 7.01. The first kappa shape index (κ1) is 22.6. The van der Waals surface area contributed by atoms with Gasteiger partial charge >= 0.3 is 5.97 Å². The van der Waals surface area contributed by atoms with E-state index in [1.165, 1.54) is 11.3 Å². The van der Waals surface area contributed by atoms with Crippen molar-refractivity contribution < 1.29 is 23.8 Å². The van der Waals surface area contributed by atoms with E-state index in [-0.39, 0.29) is 24.4 Å². The minimum absolute atomic E-state index is 0.128. The highest BCUT2D eigenvalue weighted by molar-refractivity contribution is 7.16. The van der Waals surface area contributed by atoms with Crippen molar-refractivity contribution in [1.29, 1.82) is 0 Å². The molecule has 1 aromatic heterocycles. The van der Waals surface area contributed by atoms with Crippen LogP contribution >= 0.6 is 11.3 Å². The molecule has 0 spiro atoms. The zero-order valence-corrected chi connectivity index (χ0v) is 19.6. The largest absolute Gasteiger partial charge is 0.486 e. The summed E-state index contributed by atoms with van der Waals surface area (Å²) in [6, 6.07) is 8.02. The molecule has 1 saturated heterocycles. The summed E-state index contributed by atoms with van der Waals surface area (Å²) in [7, 11) is 0. The van der Waals surface area contributed by atoms with Crippen molar-refractivity contribution >= 4 is 28.2 Å². The zero-order chi connectivity index (χ0) is 22.7. The molecule has 1 aromatic carbocycles. The summed E-state index contributed by atoms with van der Waals surface area (Å²) in [5.41, 5.74) is 1.56. The summed E-state index contributed by atoms with van der Waals surface area (Å²) in [6.07, 6.45) is 2.01. The molecule has 0 saturated carbocycles. The van der Waals surface area contributed by atoms with E-state index in [2.05, 4.69) is 30.1 Å². The first-order valence-corrected chi connectivity index (χ1v) is 12.0. The van der Waals surface area contributed by atoms with Crippen LogP contribution in [0.3, 0.4) is 0 Å². The second kappa shape index (κ2) is 9.92. The third kappa shape index (κ3) is 4.91. The number of amides is 1. The van der Waals surface area contributed by atoms with E-state index in [9.17, 15) is 9.59 Å². The third-order valence-electron chi connectivity index (χ3n) is 5.73. The minimum Gasteiger partial charge on any atom is -0.486 e. The molecule has 1 N–H and O–H groups in total. The van der Waals surface area contributed by atoms with Gasteiger partial charge in [0.1, 0.15) is 18.2 Å². The molecule has 0 bridgehead atoms. The highest BCUT2D eigenvalue weighted by Crippen LogP contribution is 2.38. The average Bonchev–Trinajstić information content (AvgIpc) is 3.41. The molecular formula is C24H30N2O5S. The SMILES string of the molecule is CCOC(=O)c1cc(C(C)C)sc1NC(=O)CN1CCC[C@H]1c1ccc2c(c1)OCCO2. The topological polar surface area (TPSA) is 77.1 Å². The Labute approximate surface area is 192 Å². The lowest BCUT2D eigenvalue weighted by Gasteiger charge is -2.26. The standard InChI is InChI=1S/C24H30N2O5S/c1-4-29-24(28)17-13-21(15(2)3)32-23(17)25-22(27)14-26-9-5-6-18(26)16-7-8-19-20(12-16)31-11-10-30-19/h7-8,12-13,15,18H,4-6,9-11,14H2,1-3H3,(H,25,27)/t18-/m0/s1. The molecule has 1 fully saturated rings. The number of likely N-dealkylation sites (tertiary alicyclic amines) is 1. The summed E-state index contributed by atoms with van der Waals surface area (Å²) < 4.78 is 16.5. The van der Waals surface area contributed by atoms with Crippen LogP contribution in [0.1, 0.15) is 66.4 Å². The Morgan fingerprint density at radius 2 is 2.00 bits per heavy atom. The Morgan fingerprint density at radius 1 is 1.22 bits per heavy atom. The number of anilines is 1. The van der Waals surface area contributed by atoms with Gasteiger partial charge in [-0.3, -0.25) is 9.69 Å². The van der Waals surface area contributed by atoms with E-state index in [4.69, 9.17) is 14.2 Å². The van der Waals surface area contributed by atoms with Crippen LogP contribution in [0.4, 0.5) is 5.00 Å². The molecule has 2 aliphatic rings. The highest BCUT2D eigenvalue weighted by Gasteiger charge is 2.29. The molecule has 32 heavy (non-hydrogen) atoms. The molecule has 2 aromatic rings. The third-order valence-corrected chi connectivity index (χ3v) is 7.08. The summed E-state index contributed by atoms with van der Waals surface area (Å²) in [5, 5.41) is 3.53. The number of hydrogen-bond donors (Lipinski definition) is 1. The zero-order valence-electron chi connectivity index (χ0n) is 18.8. The molecule has 172 valence electrons. The predicted octanol–water partition coefficient (Wildman–Crippen LogP) is 4.60. The Bertz CT molecular complexity index is 987. The van der Waals surface area contributed by atoms with E-state index >= 15 is 0 Å². The summed E-state index contributed by atoms with van der Waals surface area (Å²) >= 11 is 1.44. The Hall–Kier alpha value is -2.58. The molecule has 4 rings (SSSR count). The van der Waals surface area contributed by atoms with Crippen LogP contribution < -0.4 is 14.8 Å². The lowest BCUT2D eigenvalue weighted by molar-refractivity contribution is -0.117. The maximum atomic E-state index is 12.9. The van der Waals surface area contributed by atoms with Crippen LogP contribution in [0, 0.1) is 0 Å². The van der Waals surface area contributed by atoms with Gasteiger partial charge in [-0.1, -0.05) is 19.9 Å². The highest BCUT2D eigenvalue weighted by atomic mass is 32.1. The smallest absolute Gasteiger partial charge is 0.341 e. The first-order valence-electron chi connectivity index (χ1n) is 11.2. The predicted molar refractivity (Wildman–Crippen MR) is 124 cm³/mol. The Balaban J connectivity index is 1.46. The second-order valence-electron chi connectivity index (χ2n) is 8.35. The van der Waals surface area contributed by atoms with Crippen molar-refractivity contribution in [3.63, 3.8) is 0 Å². The normalized spacial score (nSPS) is 18.1. The number of carbonyl (C=O) groups excluding carboxylic acids is 2. The van der Waals surface area contributed by atoms with Gasteiger partial charge in [0.2, 0.25) is 5.91 Å². The van der Waals surface area contributed by atoms with Gasteiger partial charge in [-0.15, -0.1) is 11.3 Å². The number of hydrogen-bond acceptors (Lipinski definition) is 7. The summed E-state index contributed by atoms with van der Waals surface area (Å²) in [6.45, 7) is 8.42. The molecule has 0 radical (unpaired) electrons. The van der Waals surface area contributed by atoms with E-state index in [1.807, 2.05) is 18.2 Å². The van der Waals surface area contributed by atoms with Crippen molar-refractivity contribution in [1.82, 2.24) is 4.90 Å². The van der Waals surface area contributed by atoms with Crippen molar-refractivity contribution in [2.75, 3.05) is 38.2 Å². The van der Waals surface area contributed by atoms with Crippen LogP contribution in [0.25, 0.3) is 0 Å². The van der Waals surface area contributed by atoms with Crippen LogP contribution in [0.5, 0.6) is 11.5 Å². The molecule has 2 aliphatic heterocycles. The number of esters is 1. The number of nitrogens with one attached hydrogen (secondary N) is 1. The minimum atomic E-state index is -0.402. The van der Waals surface area contributed by atoms with E-state index in [0.29, 0.717) is 30.4 Å². The number of thiophene rings is 1. The van der Waals surface area contributed by atoms with Gasteiger partial charge in [-0.25, -0.2) is 4.79 Å². The van der Waals surface area contributed by atoms with Crippen LogP contribution in [0.2, 0.25) is 0 Å². The lowest BCUT2D eigenvalue weighted by Crippen LogP contribution is -2.33. The van der Waals surface area contributed by atoms with Gasteiger partial charge < -0.3 is 19.5 Å². The lowest BCUT2D eigenvalue weighted by atomic mass is 10.0. The fourth-order valence-corrected chi connectivity index (χ4v) is 5.22. The second-order valence-corrected chi connectivity index (χ2v) is 9.43. The van der Waals surface area contributed by atoms with Crippen LogP contribution in [0.15, 0.2) is 24.3 Å². The van der Waals surface area contributed by atoms with Crippen molar-refractivity contribution in [3.8, 4) is 11.5 Å². The molecule has 0 unspecified atom stereocenters. The molecule has 1 amide bonds. The number of ether oxygens (including phenoxy) is 3. The maximum absolute atomic E-state index is 12.9. The quantitative estimate of drug-likeness (QED) is 0.612. The molecule has 8 heteroatoms. The number of fused-ring (bicyclic) bond motifs is 1. The van der Waals surface area contributed by atoms with Gasteiger partial charge in [-0.05, 0) is 56.0 Å². The molecule has 7 nitrogen and oxygen atoms in total. The summed E-state index contributed by atoms with van der Waals surface area (Å²) in [5.74, 6) is 1.27. The number of rotatable bonds is 7. The average molecular weight is 459 g/mol. The number of nitrogens with zero attached hydrogens (tertiary/aromatic N) is 1. The van der Waals surface area contributed by atoms with Crippen LogP contribution in [-0.2, 0) is 9.53 Å². The molecule has 3 heterocycles. The van der Waals surface area contributed by atoms with Gasteiger partial charge in [-0.2, -0.15) is 0 Å². The van der Waals surface area contributed by atoms with Gasteiger partial charge in [0, 0.05) is 10.9 Å². The van der Waals surface area contributed by atoms with Gasteiger partial charge in [0.05, 0.1) is 18.7 Å². The monoisotopic (exact) mass is 458 g/mol. The molecule has 1 atom stereocenters. The fraction of sp³-hybridized carbons (Fsp3) is 0.500. The van der Waals surface area contributed by atoms with Crippen molar-refractivity contribution in [2.24, 2.45) is 0 Å².